The lowest BCUT2D eigenvalue weighted by molar-refractivity contribution is 0.189. The molecule has 0 aliphatic heterocycles. The summed E-state index contributed by atoms with van der Waals surface area (Å²) in [7, 11) is 1.65. The normalized spacial score (nSPS) is 11.2. The van der Waals surface area contributed by atoms with Gasteiger partial charge in [0.25, 0.3) is 5.56 Å². The van der Waals surface area contributed by atoms with Crippen molar-refractivity contribution in [2.45, 2.75) is 23.9 Å². The molecule has 0 fully saturated rings. The molecular weight excluding hydrogens is 391 g/mol. The first-order valence-corrected chi connectivity index (χ1v) is 9.90. The zero-order chi connectivity index (χ0) is 18.5. The summed E-state index contributed by atoms with van der Waals surface area (Å²) in [6.45, 7) is 1.13. The van der Waals surface area contributed by atoms with E-state index in [0.29, 0.717) is 45.0 Å². The number of methoxy groups -OCH3 is 1. The Morgan fingerprint density at radius 3 is 2.58 bits per heavy atom. The lowest BCUT2D eigenvalue weighted by atomic mass is 10.2. The van der Waals surface area contributed by atoms with Crippen molar-refractivity contribution in [3.63, 3.8) is 0 Å². The standard InChI is InChI=1S/C19H18Cl2N2O2S/c1-25-11-5-10-23-18(24)13-6-2-3-9-17(13)22-19(23)26-12-14-15(20)7-4-8-16(14)21/h2-4,6-9H,5,10-12H2,1H3. The van der Waals surface area contributed by atoms with E-state index in [1.807, 2.05) is 36.4 Å². The van der Waals surface area contributed by atoms with Gasteiger partial charge in [-0.25, -0.2) is 4.98 Å². The molecule has 26 heavy (non-hydrogen) atoms. The first-order valence-electron chi connectivity index (χ1n) is 8.16. The van der Waals surface area contributed by atoms with E-state index in [1.54, 1.807) is 17.7 Å². The molecule has 0 saturated heterocycles. The molecule has 1 aromatic heterocycles. The van der Waals surface area contributed by atoms with E-state index in [4.69, 9.17) is 27.9 Å². The highest BCUT2D eigenvalue weighted by molar-refractivity contribution is 7.98. The Kier molecular flexibility index (Phi) is 6.59. The van der Waals surface area contributed by atoms with E-state index < -0.39 is 0 Å². The molecule has 0 amide bonds. The Hall–Kier alpha value is -1.53. The lowest BCUT2D eigenvalue weighted by Gasteiger charge is -2.13. The second kappa shape index (κ2) is 8.91. The van der Waals surface area contributed by atoms with Gasteiger partial charge in [-0.1, -0.05) is 53.2 Å². The largest absolute Gasteiger partial charge is 0.385 e. The van der Waals surface area contributed by atoms with Gasteiger partial charge in [-0.05, 0) is 36.2 Å². The molecule has 136 valence electrons. The molecule has 0 aliphatic carbocycles. The van der Waals surface area contributed by atoms with Gasteiger partial charge in [0.2, 0.25) is 0 Å². The van der Waals surface area contributed by atoms with Gasteiger partial charge in [-0.2, -0.15) is 0 Å². The summed E-state index contributed by atoms with van der Waals surface area (Å²) in [6, 6.07) is 12.8. The van der Waals surface area contributed by atoms with E-state index in [-0.39, 0.29) is 5.56 Å². The summed E-state index contributed by atoms with van der Waals surface area (Å²) in [4.78, 5) is 17.6. The maximum absolute atomic E-state index is 12.9. The summed E-state index contributed by atoms with van der Waals surface area (Å²) >= 11 is 14.0. The van der Waals surface area contributed by atoms with Crippen molar-refractivity contribution in [2.24, 2.45) is 0 Å². The number of rotatable bonds is 7. The molecule has 1 heterocycles. The van der Waals surface area contributed by atoms with Gasteiger partial charge in [-0.3, -0.25) is 9.36 Å². The monoisotopic (exact) mass is 408 g/mol. The average Bonchev–Trinajstić information content (AvgIpc) is 2.64. The average molecular weight is 409 g/mol. The Bertz CT molecular complexity index is 955. The van der Waals surface area contributed by atoms with E-state index in [9.17, 15) is 4.79 Å². The van der Waals surface area contributed by atoms with Crippen LogP contribution >= 0.6 is 35.0 Å². The minimum atomic E-state index is -0.0422. The molecule has 7 heteroatoms. The predicted octanol–water partition coefficient (Wildman–Crippen LogP) is 5.03. The van der Waals surface area contributed by atoms with Gasteiger partial charge in [0.05, 0.1) is 10.9 Å². The zero-order valence-electron chi connectivity index (χ0n) is 14.2. The van der Waals surface area contributed by atoms with Crippen molar-refractivity contribution in [3.8, 4) is 0 Å². The Balaban J connectivity index is 1.97. The predicted molar refractivity (Wildman–Crippen MR) is 109 cm³/mol. The SMILES string of the molecule is COCCCn1c(SCc2c(Cl)cccc2Cl)nc2ccccc2c1=O. The highest BCUT2D eigenvalue weighted by Crippen LogP contribution is 2.31. The summed E-state index contributed by atoms with van der Waals surface area (Å²) in [5, 5.41) is 2.49. The van der Waals surface area contributed by atoms with Gasteiger partial charge in [-0.15, -0.1) is 0 Å². The summed E-state index contributed by atoms with van der Waals surface area (Å²) < 4.78 is 6.82. The van der Waals surface area contributed by atoms with Crippen molar-refractivity contribution in [1.29, 1.82) is 0 Å². The molecule has 2 aromatic carbocycles. The fourth-order valence-electron chi connectivity index (χ4n) is 2.63. The van der Waals surface area contributed by atoms with Crippen LogP contribution in [0.25, 0.3) is 10.9 Å². The number of para-hydroxylation sites is 1. The van der Waals surface area contributed by atoms with Crippen LogP contribution in [0.4, 0.5) is 0 Å². The third-order valence-corrected chi connectivity index (χ3v) is 5.68. The van der Waals surface area contributed by atoms with Gasteiger partial charge in [0, 0.05) is 36.1 Å². The fraction of sp³-hybridized carbons (Fsp3) is 0.263. The first-order chi connectivity index (χ1) is 12.6. The molecule has 0 N–H and O–H groups in total. The topological polar surface area (TPSA) is 44.1 Å². The van der Waals surface area contributed by atoms with Crippen LogP contribution in [0.2, 0.25) is 10.0 Å². The van der Waals surface area contributed by atoms with Crippen molar-refractivity contribution < 1.29 is 4.74 Å². The van der Waals surface area contributed by atoms with Crippen LogP contribution in [-0.2, 0) is 17.0 Å². The molecule has 0 atom stereocenters. The highest BCUT2D eigenvalue weighted by atomic mass is 35.5. The molecule has 0 bridgehead atoms. The molecule has 0 spiro atoms. The smallest absolute Gasteiger partial charge is 0.262 e. The first kappa shape index (κ1) is 19.2. The van der Waals surface area contributed by atoms with Crippen molar-refractivity contribution in [3.05, 3.63) is 68.4 Å². The van der Waals surface area contributed by atoms with Gasteiger partial charge in [0.15, 0.2) is 5.16 Å². The van der Waals surface area contributed by atoms with E-state index in [2.05, 4.69) is 4.98 Å². The van der Waals surface area contributed by atoms with Crippen molar-refractivity contribution in [2.75, 3.05) is 13.7 Å². The number of halogens is 2. The number of ether oxygens (including phenoxy) is 1. The minimum absolute atomic E-state index is 0.0422. The number of benzene rings is 2. The molecule has 3 rings (SSSR count). The van der Waals surface area contributed by atoms with Crippen LogP contribution in [0.15, 0.2) is 52.4 Å². The summed E-state index contributed by atoms with van der Waals surface area (Å²) in [5.74, 6) is 0.535. The molecule has 3 aromatic rings. The molecular formula is C19H18Cl2N2O2S. The fourth-order valence-corrected chi connectivity index (χ4v) is 4.40. The molecule has 0 aliphatic rings. The number of hydrogen-bond donors (Lipinski definition) is 0. The van der Waals surface area contributed by atoms with E-state index in [0.717, 1.165) is 12.0 Å². The Morgan fingerprint density at radius 2 is 1.85 bits per heavy atom. The third kappa shape index (κ3) is 4.23. The van der Waals surface area contributed by atoms with Crippen molar-refractivity contribution in [1.82, 2.24) is 9.55 Å². The molecule has 0 unspecified atom stereocenters. The summed E-state index contributed by atoms with van der Waals surface area (Å²) in [6.07, 6.45) is 0.733. The van der Waals surface area contributed by atoms with Gasteiger partial charge >= 0.3 is 0 Å². The second-order valence-corrected chi connectivity index (χ2v) is 7.46. The number of aromatic nitrogens is 2. The maximum atomic E-state index is 12.9. The zero-order valence-corrected chi connectivity index (χ0v) is 16.6. The van der Waals surface area contributed by atoms with Crippen LogP contribution in [0, 0.1) is 0 Å². The molecule has 0 radical (unpaired) electrons. The van der Waals surface area contributed by atoms with Gasteiger partial charge in [0.1, 0.15) is 0 Å². The number of hydrogen-bond acceptors (Lipinski definition) is 4. The maximum Gasteiger partial charge on any atom is 0.262 e. The molecule has 0 saturated carbocycles. The van der Waals surface area contributed by atoms with E-state index in [1.165, 1.54) is 11.8 Å². The number of thioether (sulfide) groups is 1. The lowest BCUT2D eigenvalue weighted by Crippen LogP contribution is -2.24. The second-order valence-electron chi connectivity index (χ2n) is 5.70. The number of nitrogens with zero attached hydrogens (tertiary/aromatic N) is 2. The third-order valence-electron chi connectivity index (χ3n) is 3.96. The highest BCUT2D eigenvalue weighted by Gasteiger charge is 2.13. The van der Waals surface area contributed by atoms with Crippen LogP contribution in [0.5, 0.6) is 0 Å². The summed E-state index contributed by atoms with van der Waals surface area (Å²) in [5.41, 5.74) is 1.49. The number of fused-ring (bicyclic) bond motifs is 1. The van der Waals surface area contributed by atoms with Crippen LogP contribution in [0.1, 0.15) is 12.0 Å². The Morgan fingerprint density at radius 1 is 1.12 bits per heavy atom. The van der Waals surface area contributed by atoms with E-state index >= 15 is 0 Å². The minimum Gasteiger partial charge on any atom is -0.385 e. The Labute approximate surface area is 166 Å². The van der Waals surface area contributed by atoms with Crippen LogP contribution < -0.4 is 5.56 Å². The van der Waals surface area contributed by atoms with Crippen LogP contribution in [0.3, 0.4) is 0 Å². The molecule has 4 nitrogen and oxygen atoms in total. The van der Waals surface area contributed by atoms with Crippen molar-refractivity contribution >= 4 is 45.9 Å². The quantitative estimate of drug-likeness (QED) is 0.312. The van der Waals surface area contributed by atoms with Gasteiger partial charge < -0.3 is 4.74 Å². The van der Waals surface area contributed by atoms with Crippen LogP contribution in [-0.4, -0.2) is 23.3 Å².